The molecular formula is C53H75N13O24. The van der Waals surface area contributed by atoms with Crippen LogP contribution in [0.2, 0.25) is 0 Å². The number of hydrogen-bond donors (Lipinski definition) is 18. The molecule has 1 fully saturated rings. The number of para-hydroxylation sites is 1. The van der Waals surface area contributed by atoms with Gasteiger partial charge < -0.3 is 100 Å². The minimum absolute atomic E-state index is 0.155. The van der Waals surface area contributed by atoms with Crippen molar-refractivity contribution < 1.29 is 117 Å². The molecular weight excluding hydrogens is 1200 g/mol. The Morgan fingerprint density at radius 1 is 0.611 bits per heavy atom. The number of ether oxygens (including phenoxy) is 1. The van der Waals surface area contributed by atoms with Crippen molar-refractivity contribution in [1.82, 2.24) is 58.5 Å². The van der Waals surface area contributed by atoms with Crippen LogP contribution in [0.1, 0.15) is 103 Å². The van der Waals surface area contributed by atoms with Crippen LogP contribution in [0.5, 0.6) is 0 Å². The van der Waals surface area contributed by atoms with E-state index in [1.807, 2.05) is 21.3 Å². The number of nitrogen functional groups attached to an aromatic ring is 1. The lowest BCUT2D eigenvalue weighted by molar-refractivity contribution is -0.156. The SMILES string of the molecule is CCCCC1NC(=O)CNC(=O)C(NC(=O)C(CC(=O)O)NC(=O)C(N)CC(C)=O)C(C)OC(=O)C(CC(=O)c2ccccc2N)NC(=O)C(C(C)CC(=O)O)NC(=O)C(CO)NC(=O)CNC(=O)C(CC(=O)O)NC(=O)C(C)NC(=O)C(CC(=O)O)NC1=O. The van der Waals surface area contributed by atoms with E-state index in [0.29, 0.717) is 6.42 Å². The van der Waals surface area contributed by atoms with Crippen LogP contribution in [0, 0.1) is 5.92 Å². The summed E-state index contributed by atoms with van der Waals surface area (Å²) < 4.78 is 5.57. The van der Waals surface area contributed by atoms with Crippen LogP contribution >= 0.6 is 0 Å². The second kappa shape index (κ2) is 36.8. The van der Waals surface area contributed by atoms with Gasteiger partial charge in [0.25, 0.3) is 0 Å². The van der Waals surface area contributed by atoms with Crippen molar-refractivity contribution in [3.05, 3.63) is 29.8 Å². The summed E-state index contributed by atoms with van der Waals surface area (Å²) in [7, 11) is 0. The van der Waals surface area contributed by atoms with Gasteiger partial charge in [-0.3, -0.25) is 81.5 Å². The van der Waals surface area contributed by atoms with Crippen LogP contribution in [-0.4, -0.2) is 218 Å². The first-order valence-electron chi connectivity index (χ1n) is 27.7. The van der Waals surface area contributed by atoms with E-state index in [1.54, 1.807) is 6.92 Å². The number of Topliss-reactive ketones (excluding diaryl/α,β-unsaturated/α-hetero) is 2. The number of carboxylic acid groups (broad SMARTS) is 4. The Morgan fingerprint density at radius 3 is 1.68 bits per heavy atom. The third-order valence-electron chi connectivity index (χ3n) is 13.1. The number of esters is 1. The van der Waals surface area contributed by atoms with Gasteiger partial charge in [0, 0.05) is 24.1 Å². The lowest BCUT2D eigenvalue weighted by atomic mass is 9.96. The number of rotatable bonds is 22. The van der Waals surface area contributed by atoms with Gasteiger partial charge in [-0.05, 0) is 45.2 Å². The molecule has 90 heavy (non-hydrogen) atoms. The van der Waals surface area contributed by atoms with Gasteiger partial charge in [0.1, 0.15) is 66.3 Å². The monoisotopic (exact) mass is 1280 g/mol. The summed E-state index contributed by atoms with van der Waals surface area (Å²) in [6.45, 7) is 2.22. The summed E-state index contributed by atoms with van der Waals surface area (Å²) in [5.74, 6) is -26.2. The summed E-state index contributed by atoms with van der Waals surface area (Å²) in [6.07, 6.45) is -7.91. The van der Waals surface area contributed by atoms with E-state index in [0.717, 1.165) is 27.7 Å². The number of hydrogen-bond acceptors (Lipinski definition) is 22. The second-order valence-electron chi connectivity index (χ2n) is 20.7. The number of carbonyl (C=O) groups is 18. The maximum atomic E-state index is 14.5. The molecule has 12 atom stereocenters. The number of amides is 11. The number of benzene rings is 1. The van der Waals surface area contributed by atoms with Crippen LogP contribution in [0.4, 0.5) is 5.69 Å². The fourth-order valence-electron chi connectivity index (χ4n) is 8.31. The zero-order valence-corrected chi connectivity index (χ0v) is 49.4. The summed E-state index contributed by atoms with van der Waals surface area (Å²) in [5.41, 5.74) is 11.4. The number of cyclic esters (lactones) is 1. The highest BCUT2D eigenvalue weighted by Gasteiger charge is 2.40. The first-order chi connectivity index (χ1) is 42.1. The molecule has 1 aromatic carbocycles. The predicted molar refractivity (Wildman–Crippen MR) is 302 cm³/mol. The standard InChI is InChI=1S/C53H75N13O24/c1-6-7-12-29-47(83)63-31(17-40(76)77)48(84)58-24(4)44(80)61-30(16-39(74)75)46(82)56-19-37(71)60-34(21-67)50(86)65-42(22(2)13-38(72)73)52(88)64-33(15-35(69)26-10-8-9-11-27(26)54)53(89)90-25(5)43(51(87)57-20-36(70)59-29)66-49(85)32(18-41(78)79)62-45(81)28(55)14-23(3)68/h8-11,22,24-25,28-34,42-43,67H,6-7,12-21,54-55H2,1-5H3,(H,56,82)(H,57,87)(H,58,84)(H,59,70)(H,60,71)(H,61,80)(H,62,81)(H,63,83)(H,64,88)(H,65,86)(H,66,85)(H,72,73)(H,74,75)(H,76,77)(H,78,79). The average molecular weight is 1280 g/mol. The molecule has 0 spiro atoms. The lowest BCUT2D eigenvalue weighted by Crippen LogP contribution is -2.61. The van der Waals surface area contributed by atoms with Crippen molar-refractivity contribution in [1.29, 1.82) is 0 Å². The maximum absolute atomic E-state index is 14.5. The highest BCUT2D eigenvalue weighted by Crippen LogP contribution is 2.17. The van der Waals surface area contributed by atoms with E-state index >= 15 is 0 Å². The first kappa shape index (κ1) is 75.9. The molecule has 0 aromatic heterocycles. The van der Waals surface area contributed by atoms with E-state index in [4.69, 9.17) is 16.2 Å². The van der Waals surface area contributed by atoms with Gasteiger partial charge in [0.15, 0.2) is 5.78 Å². The van der Waals surface area contributed by atoms with E-state index in [1.165, 1.54) is 24.3 Å². The van der Waals surface area contributed by atoms with Crippen LogP contribution in [0.15, 0.2) is 24.3 Å². The number of ketones is 2. The fourth-order valence-corrected chi connectivity index (χ4v) is 8.31. The van der Waals surface area contributed by atoms with E-state index in [-0.39, 0.29) is 24.1 Å². The van der Waals surface area contributed by atoms with Crippen LogP contribution in [0.3, 0.4) is 0 Å². The molecule has 1 saturated heterocycles. The zero-order chi connectivity index (χ0) is 68.3. The van der Waals surface area contributed by atoms with Crippen LogP contribution in [-0.2, 0) is 86.2 Å². The molecule has 12 unspecified atom stereocenters. The summed E-state index contributed by atoms with van der Waals surface area (Å²) in [5, 5.41) is 72.0. The molecule has 0 radical (unpaired) electrons. The summed E-state index contributed by atoms with van der Waals surface area (Å²) in [6, 6.07) is -14.6. The Hall–Kier alpha value is -10.2. The van der Waals surface area contributed by atoms with Crippen molar-refractivity contribution in [2.75, 3.05) is 25.4 Å². The lowest BCUT2D eigenvalue weighted by Gasteiger charge is -2.30. The van der Waals surface area contributed by atoms with E-state index in [9.17, 15) is 112 Å². The zero-order valence-electron chi connectivity index (χ0n) is 49.4. The Balaban J connectivity index is 2.93. The topological polar surface area (TPSA) is 602 Å². The van der Waals surface area contributed by atoms with Crippen molar-refractivity contribution in [3.8, 4) is 0 Å². The molecule has 37 heteroatoms. The third kappa shape index (κ3) is 26.0. The molecule has 0 bridgehead atoms. The molecule has 1 aromatic rings. The van der Waals surface area contributed by atoms with Gasteiger partial charge >= 0.3 is 29.8 Å². The van der Waals surface area contributed by atoms with Gasteiger partial charge in [0.2, 0.25) is 65.0 Å². The number of carboxylic acids is 4. The first-order valence-corrected chi connectivity index (χ1v) is 27.7. The number of aliphatic hydroxyl groups excluding tert-OH is 1. The van der Waals surface area contributed by atoms with Gasteiger partial charge in [-0.2, -0.15) is 0 Å². The Kier molecular flexibility index (Phi) is 31.1. The highest BCUT2D eigenvalue weighted by atomic mass is 16.5. The number of nitrogens with one attached hydrogen (secondary N) is 11. The van der Waals surface area contributed by atoms with Crippen molar-refractivity contribution in [2.45, 2.75) is 159 Å². The molecule has 1 heterocycles. The molecule has 11 amide bonds. The summed E-state index contributed by atoms with van der Waals surface area (Å²) in [4.78, 5) is 238. The largest absolute Gasteiger partial charge is 0.481 e. The van der Waals surface area contributed by atoms with Crippen molar-refractivity contribution in [3.63, 3.8) is 0 Å². The van der Waals surface area contributed by atoms with Gasteiger partial charge in [-0.1, -0.05) is 38.8 Å². The van der Waals surface area contributed by atoms with Gasteiger partial charge in [-0.15, -0.1) is 0 Å². The molecule has 0 saturated carbocycles. The number of aliphatic carboxylic acids is 4. The summed E-state index contributed by atoms with van der Waals surface area (Å²) >= 11 is 0. The third-order valence-corrected chi connectivity index (χ3v) is 13.1. The van der Waals surface area contributed by atoms with E-state index in [2.05, 4.69) is 37.2 Å². The number of anilines is 1. The van der Waals surface area contributed by atoms with Crippen molar-refractivity contribution in [2.24, 2.45) is 11.7 Å². The van der Waals surface area contributed by atoms with Gasteiger partial charge in [0.05, 0.1) is 51.4 Å². The normalized spacial score (nSPS) is 23.5. The number of unbranched alkanes of at least 4 members (excludes halogenated alkanes) is 1. The number of aliphatic hydroxyl groups is 1. The maximum Gasteiger partial charge on any atom is 0.329 e. The Labute approximate surface area is 511 Å². The Morgan fingerprint density at radius 2 is 1.13 bits per heavy atom. The van der Waals surface area contributed by atoms with Crippen molar-refractivity contribution >= 4 is 112 Å². The predicted octanol–water partition coefficient (Wildman–Crippen LogP) is -7.57. The molecule has 1 aliphatic rings. The highest BCUT2D eigenvalue weighted by molar-refractivity contribution is 6.05. The van der Waals surface area contributed by atoms with Crippen LogP contribution in [0.25, 0.3) is 0 Å². The smallest absolute Gasteiger partial charge is 0.329 e. The molecule has 20 N–H and O–H groups in total. The minimum Gasteiger partial charge on any atom is -0.481 e. The molecule has 2 rings (SSSR count). The average Bonchev–Trinajstić information content (AvgIpc) is 1.15. The molecule has 496 valence electrons. The van der Waals surface area contributed by atoms with Crippen LogP contribution < -0.4 is 70.0 Å². The fraction of sp³-hybridized carbons (Fsp3) is 0.547. The second-order valence-corrected chi connectivity index (χ2v) is 20.7. The van der Waals surface area contributed by atoms with Gasteiger partial charge in [-0.25, -0.2) is 4.79 Å². The molecule has 1 aliphatic heterocycles. The Bertz CT molecular complexity index is 2910. The molecule has 0 aliphatic carbocycles. The number of carbonyl (C=O) groups excluding carboxylic acids is 14. The van der Waals surface area contributed by atoms with E-state index < -0.39 is 237 Å². The minimum atomic E-state index is -2.29. The number of nitrogens with two attached hydrogens (primary N) is 2. The quantitative estimate of drug-likeness (QED) is 0.0291. The molecule has 37 nitrogen and oxygen atoms in total.